The quantitative estimate of drug-likeness (QED) is 0.720. The summed E-state index contributed by atoms with van der Waals surface area (Å²) >= 11 is 1.50. The third kappa shape index (κ3) is 2.75. The van der Waals surface area contributed by atoms with Crippen LogP contribution in [-0.4, -0.2) is 26.5 Å². The van der Waals surface area contributed by atoms with Gasteiger partial charge < -0.3 is 10.3 Å². The fourth-order valence-corrected chi connectivity index (χ4v) is 2.65. The van der Waals surface area contributed by atoms with Crippen molar-refractivity contribution < 1.29 is 0 Å². The highest BCUT2D eigenvalue weighted by molar-refractivity contribution is 7.99. The van der Waals surface area contributed by atoms with Gasteiger partial charge in [0.1, 0.15) is 5.03 Å². The van der Waals surface area contributed by atoms with Crippen LogP contribution in [0.1, 0.15) is 12.5 Å². The smallest absolute Gasteiger partial charge is 0.223 e. The van der Waals surface area contributed by atoms with Crippen molar-refractivity contribution in [2.45, 2.75) is 24.0 Å². The maximum atomic E-state index is 4.55. The molecule has 0 unspecified atom stereocenters. The number of benzene rings is 1. The number of hydrogen-bond acceptors (Lipinski definition) is 5. The average Bonchev–Trinajstić information content (AvgIpc) is 2.81. The van der Waals surface area contributed by atoms with E-state index in [0.717, 1.165) is 27.8 Å². The highest BCUT2D eigenvalue weighted by Crippen LogP contribution is 2.26. The second kappa shape index (κ2) is 5.50. The Morgan fingerprint density at radius 1 is 1.25 bits per heavy atom. The first-order valence-electron chi connectivity index (χ1n) is 6.46. The Hall–Kier alpha value is -2.08. The van der Waals surface area contributed by atoms with E-state index in [-0.39, 0.29) is 0 Å². The van der Waals surface area contributed by atoms with Crippen LogP contribution in [0.4, 0.5) is 5.95 Å². The summed E-state index contributed by atoms with van der Waals surface area (Å²) in [6.07, 6.45) is 1.75. The minimum Gasteiger partial charge on any atom is -0.354 e. The van der Waals surface area contributed by atoms with Gasteiger partial charge in [0.15, 0.2) is 5.16 Å². The van der Waals surface area contributed by atoms with Gasteiger partial charge >= 0.3 is 0 Å². The summed E-state index contributed by atoms with van der Waals surface area (Å²) in [6.45, 7) is 4.89. The fourth-order valence-electron chi connectivity index (χ4n) is 1.89. The van der Waals surface area contributed by atoms with Gasteiger partial charge in [-0.1, -0.05) is 6.07 Å². The fraction of sp³-hybridized carbons (Fsp3) is 0.214. The van der Waals surface area contributed by atoms with E-state index in [9.17, 15) is 0 Å². The van der Waals surface area contributed by atoms with Gasteiger partial charge in [0, 0.05) is 12.7 Å². The minimum absolute atomic E-state index is 0.643. The van der Waals surface area contributed by atoms with Crippen LogP contribution in [0.2, 0.25) is 0 Å². The van der Waals surface area contributed by atoms with Crippen LogP contribution in [-0.2, 0) is 0 Å². The number of hydrogen-bond donors (Lipinski definition) is 2. The molecule has 0 spiro atoms. The lowest BCUT2D eigenvalue weighted by Crippen LogP contribution is -2.01. The number of aryl methyl sites for hydroxylation is 1. The largest absolute Gasteiger partial charge is 0.354 e. The Bertz CT molecular complexity index is 737. The second-order valence-corrected chi connectivity index (χ2v) is 5.42. The topological polar surface area (TPSA) is 66.5 Å². The standard InChI is InChI=1S/C14H15N5S/c1-3-15-13-16-7-6-12(19-13)20-14-17-10-5-4-9(2)8-11(10)18-14/h4-8H,3H2,1-2H3,(H,17,18)(H,15,16,19). The molecule has 0 aliphatic rings. The van der Waals surface area contributed by atoms with Crippen molar-refractivity contribution in [2.75, 3.05) is 11.9 Å². The van der Waals surface area contributed by atoms with Crippen LogP contribution in [0, 0.1) is 6.92 Å². The normalized spacial score (nSPS) is 10.9. The third-order valence-electron chi connectivity index (χ3n) is 2.78. The van der Waals surface area contributed by atoms with Crippen LogP contribution in [0.25, 0.3) is 11.0 Å². The molecule has 3 aromatic rings. The van der Waals surface area contributed by atoms with Crippen LogP contribution in [0.3, 0.4) is 0 Å². The van der Waals surface area contributed by atoms with Gasteiger partial charge in [-0.3, -0.25) is 0 Å². The number of aromatic amines is 1. The number of H-pyrrole nitrogens is 1. The van der Waals surface area contributed by atoms with Crippen LogP contribution >= 0.6 is 11.8 Å². The van der Waals surface area contributed by atoms with Crippen molar-refractivity contribution in [3.63, 3.8) is 0 Å². The number of anilines is 1. The highest BCUT2D eigenvalue weighted by Gasteiger charge is 2.06. The predicted octanol–water partition coefficient (Wildman–Crippen LogP) is 3.24. The molecule has 0 bridgehead atoms. The monoisotopic (exact) mass is 285 g/mol. The Morgan fingerprint density at radius 2 is 2.15 bits per heavy atom. The summed E-state index contributed by atoms with van der Waals surface area (Å²) in [5.74, 6) is 0.643. The second-order valence-electron chi connectivity index (χ2n) is 4.41. The van der Waals surface area contributed by atoms with Gasteiger partial charge in [0.05, 0.1) is 11.0 Å². The number of imidazole rings is 1. The summed E-state index contributed by atoms with van der Waals surface area (Å²) < 4.78 is 0. The molecule has 2 heterocycles. The van der Waals surface area contributed by atoms with E-state index in [1.807, 2.05) is 19.1 Å². The Labute approximate surface area is 121 Å². The molecule has 0 saturated heterocycles. The van der Waals surface area contributed by atoms with Crippen molar-refractivity contribution in [1.82, 2.24) is 19.9 Å². The van der Waals surface area contributed by atoms with E-state index < -0.39 is 0 Å². The number of fused-ring (bicyclic) bond motifs is 1. The van der Waals surface area contributed by atoms with Gasteiger partial charge in [0.25, 0.3) is 0 Å². The molecule has 0 aliphatic carbocycles. The molecule has 0 atom stereocenters. The Kier molecular flexibility index (Phi) is 3.56. The van der Waals surface area contributed by atoms with Crippen LogP contribution in [0.5, 0.6) is 0 Å². The number of nitrogens with one attached hydrogen (secondary N) is 2. The molecule has 5 nitrogen and oxygen atoms in total. The van der Waals surface area contributed by atoms with E-state index >= 15 is 0 Å². The first-order chi connectivity index (χ1) is 9.74. The van der Waals surface area contributed by atoms with Crippen molar-refractivity contribution >= 4 is 28.7 Å². The van der Waals surface area contributed by atoms with Crippen LogP contribution < -0.4 is 5.32 Å². The van der Waals surface area contributed by atoms with E-state index in [1.54, 1.807) is 6.20 Å². The lowest BCUT2D eigenvalue weighted by molar-refractivity contribution is 1.00. The number of rotatable bonds is 4. The molecule has 0 fully saturated rings. The number of aromatic nitrogens is 4. The summed E-state index contributed by atoms with van der Waals surface area (Å²) in [4.78, 5) is 16.4. The molecule has 0 radical (unpaired) electrons. The van der Waals surface area contributed by atoms with Crippen molar-refractivity contribution in [2.24, 2.45) is 0 Å². The van der Waals surface area contributed by atoms with E-state index in [0.29, 0.717) is 5.95 Å². The Morgan fingerprint density at radius 3 is 3.00 bits per heavy atom. The average molecular weight is 285 g/mol. The molecule has 0 aliphatic heterocycles. The van der Waals surface area contributed by atoms with Crippen molar-refractivity contribution in [1.29, 1.82) is 0 Å². The molecule has 2 N–H and O–H groups in total. The van der Waals surface area contributed by atoms with Crippen molar-refractivity contribution in [3.05, 3.63) is 36.0 Å². The zero-order chi connectivity index (χ0) is 13.9. The molecule has 102 valence electrons. The first kappa shape index (κ1) is 12.9. The van der Waals surface area contributed by atoms with Gasteiger partial charge in [-0.05, 0) is 49.4 Å². The number of nitrogens with zero attached hydrogens (tertiary/aromatic N) is 3. The lowest BCUT2D eigenvalue weighted by Gasteiger charge is -2.02. The molecule has 3 rings (SSSR count). The lowest BCUT2D eigenvalue weighted by atomic mass is 10.2. The SMILES string of the molecule is CCNc1nccc(Sc2nc3ccc(C)cc3[nH]2)n1. The van der Waals surface area contributed by atoms with Gasteiger partial charge in [-0.2, -0.15) is 0 Å². The maximum absolute atomic E-state index is 4.55. The van der Waals surface area contributed by atoms with E-state index in [4.69, 9.17) is 0 Å². The van der Waals surface area contributed by atoms with Gasteiger partial charge in [0.2, 0.25) is 5.95 Å². The summed E-state index contributed by atoms with van der Waals surface area (Å²) in [5.41, 5.74) is 3.24. The molecule has 0 amide bonds. The summed E-state index contributed by atoms with van der Waals surface area (Å²) in [5, 5.41) is 4.81. The molecular formula is C14H15N5S. The molecule has 2 aromatic heterocycles. The van der Waals surface area contributed by atoms with E-state index in [1.165, 1.54) is 17.3 Å². The maximum Gasteiger partial charge on any atom is 0.223 e. The zero-order valence-electron chi connectivity index (χ0n) is 11.3. The first-order valence-corrected chi connectivity index (χ1v) is 7.27. The molecule has 20 heavy (non-hydrogen) atoms. The highest BCUT2D eigenvalue weighted by atomic mass is 32.2. The molecular weight excluding hydrogens is 270 g/mol. The van der Waals surface area contributed by atoms with Gasteiger partial charge in [-0.15, -0.1) is 0 Å². The minimum atomic E-state index is 0.643. The summed E-state index contributed by atoms with van der Waals surface area (Å²) in [6, 6.07) is 8.06. The summed E-state index contributed by atoms with van der Waals surface area (Å²) in [7, 11) is 0. The zero-order valence-corrected chi connectivity index (χ0v) is 12.2. The Balaban J connectivity index is 1.87. The molecule has 0 saturated carbocycles. The molecule has 1 aromatic carbocycles. The van der Waals surface area contributed by atoms with E-state index in [2.05, 4.69) is 44.3 Å². The predicted molar refractivity (Wildman–Crippen MR) is 81.1 cm³/mol. The van der Waals surface area contributed by atoms with Gasteiger partial charge in [-0.25, -0.2) is 15.0 Å². The van der Waals surface area contributed by atoms with Crippen molar-refractivity contribution in [3.8, 4) is 0 Å². The molecule has 6 heteroatoms. The third-order valence-corrected chi connectivity index (χ3v) is 3.61. The van der Waals surface area contributed by atoms with Crippen LogP contribution in [0.15, 0.2) is 40.6 Å².